The summed E-state index contributed by atoms with van der Waals surface area (Å²) in [5, 5.41) is 0. The molecule has 0 aliphatic carbocycles. The molecule has 3 aromatic rings. The van der Waals surface area contributed by atoms with Gasteiger partial charge in [0.2, 0.25) is 11.8 Å². The highest BCUT2D eigenvalue weighted by Gasteiger charge is 2.47. The molecule has 3 rings (SSSR count). The van der Waals surface area contributed by atoms with E-state index in [1.54, 1.807) is 17.9 Å². The fourth-order valence-corrected chi connectivity index (χ4v) is 3.49. The highest BCUT2D eigenvalue weighted by atomic mass is 32.2. The van der Waals surface area contributed by atoms with Crippen LogP contribution in [0.25, 0.3) is 0 Å². The van der Waals surface area contributed by atoms with E-state index in [1.165, 1.54) is 24.7 Å². The molecule has 0 aliphatic heterocycles. The highest BCUT2D eigenvalue weighted by Crippen LogP contribution is 2.35. The van der Waals surface area contributed by atoms with Gasteiger partial charge in [-0.1, -0.05) is 6.92 Å². The van der Waals surface area contributed by atoms with Gasteiger partial charge < -0.3 is 15.1 Å². The Morgan fingerprint density at radius 2 is 1.93 bits per heavy atom. The number of nitrogen functional groups attached to an aromatic ring is 1. The van der Waals surface area contributed by atoms with Crippen molar-refractivity contribution < 1.29 is 26.0 Å². The number of hydrogen-bond acceptors (Lipinski definition) is 8. The van der Waals surface area contributed by atoms with Crippen molar-refractivity contribution in [2.45, 2.75) is 30.3 Å². The molecule has 154 valence electrons. The standard InChI is InChI=1S/C17H16F3N5O3S/c1-2-11-9-12(29(26,27)17(18,19)20)3-4-13(11)25(10-15-22-7-8-28-15)14-5-6-23-16(21)24-14/h3-9H,2,10H2,1H3,(H2,21,23,24). The van der Waals surface area contributed by atoms with Gasteiger partial charge in [0.15, 0.2) is 0 Å². The van der Waals surface area contributed by atoms with Crippen molar-refractivity contribution in [3.63, 3.8) is 0 Å². The van der Waals surface area contributed by atoms with Crippen LogP contribution in [0.5, 0.6) is 0 Å². The summed E-state index contributed by atoms with van der Waals surface area (Å²) in [6, 6.07) is 4.76. The van der Waals surface area contributed by atoms with Gasteiger partial charge in [0.05, 0.1) is 11.1 Å². The fraction of sp³-hybridized carbons (Fsp3) is 0.235. The van der Waals surface area contributed by atoms with Crippen LogP contribution in [0.1, 0.15) is 18.4 Å². The van der Waals surface area contributed by atoms with Gasteiger partial charge >= 0.3 is 5.51 Å². The summed E-state index contributed by atoms with van der Waals surface area (Å²) in [6.45, 7) is 1.78. The number of sulfone groups is 1. The molecule has 0 saturated carbocycles. The number of anilines is 3. The van der Waals surface area contributed by atoms with E-state index in [2.05, 4.69) is 15.0 Å². The van der Waals surface area contributed by atoms with Gasteiger partial charge in [-0.2, -0.15) is 18.2 Å². The first-order chi connectivity index (χ1) is 13.6. The average Bonchev–Trinajstić information content (AvgIpc) is 3.18. The summed E-state index contributed by atoms with van der Waals surface area (Å²) >= 11 is 0. The Hall–Kier alpha value is -3.15. The van der Waals surface area contributed by atoms with Gasteiger partial charge in [0, 0.05) is 11.9 Å². The maximum Gasteiger partial charge on any atom is 0.501 e. The monoisotopic (exact) mass is 427 g/mol. The molecule has 2 N–H and O–H groups in total. The molecule has 0 atom stereocenters. The van der Waals surface area contributed by atoms with E-state index in [1.807, 2.05) is 0 Å². The minimum Gasteiger partial charge on any atom is -0.447 e. The van der Waals surface area contributed by atoms with Crippen molar-refractivity contribution in [2.24, 2.45) is 0 Å². The van der Waals surface area contributed by atoms with E-state index in [-0.39, 0.29) is 18.9 Å². The predicted molar refractivity (Wildman–Crippen MR) is 97.9 cm³/mol. The van der Waals surface area contributed by atoms with Gasteiger partial charge in [0.25, 0.3) is 9.84 Å². The van der Waals surface area contributed by atoms with E-state index in [0.29, 0.717) is 23.0 Å². The first-order valence-corrected chi connectivity index (χ1v) is 9.80. The van der Waals surface area contributed by atoms with Crippen LogP contribution in [0, 0.1) is 0 Å². The van der Waals surface area contributed by atoms with Gasteiger partial charge in [-0.25, -0.2) is 18.4 Å². The van der Waals surface area contributed by atoms with Crippen LogP contribution in [0.2, 0.25) is 0 Å². The van der Waals surface area contributed by atoms with Crippen LogP contribution < -0.4 is 10.6 Å². The van der Waals surface area contributed by atoms with Gasteiger partial charge in [-0.05, 0) is 36.2 Å². The summed E-state index contributed by atoms with van der Waals surface area (Å²) in [5.41, 5.74) is 1.06. The zero-order chi connectivity index (χ0) is 21.2. The lowest BCUT2D eigenvalue weighted by Crippen LogP contribution is -2.24. The van der Waals surface area contributed by atoms with Crippen molar-refractivity contribution in [3.8, 4) is 0 Å². The Labute approximate surface area is 164 Å². The molecule has 0 spiro atoms. The SMILES string of the molecule is CCc1cc(S(=O)(=O)C(F)(F)F)ccc1N(Cc1ncco1)c1ccnc(N)n1. The van der Waals surface area contributed by atoms with Crippen molar-refractivity contribution in [1.82, 2.24) is 15.0 Å². The van der Waals surface area contributed by atoms with Crippen LogP contribution in [0.4, 0.5) is 30.6 Å². The number of halogens is 3. The molecule has 0 unspecified atom stereocenters. The molecule has 0 radical (unpaired) electrons. The highest BCUT2D eigenvalue weighted by molar-refractivity contribution is 7.92. The number of alkyl halides is 3. The molecule has 8 nitrogen and oxygen atoms in total. The fourth-order valence-electron chi connectivity index (χ4n) is 2.68. The van der Waals surface area contributed by atoms with Crippen LogP contribution in [0.3, 0.4) is 0 Å². The van der Waals surface area contributed by atoms with Crippen molar-refractivity contribution in [2.75, 3.05) is 10.6 Å². The van der Waals surface area contributed by atoms with Crippen molar-refractivity contribution in [1.29, 1.82) is 0 Å². The molecule has 0 saturated heterocycles. The second-order valence-electron chi connectivity index (χ2n) is 5.88. The number of rotatable bonds is 6. The Morgan fingerprint density at radius 3 is 2.52 bits per heavy atom. The average molecular weight is 427 g/mol. The van der Waals surface area contributed by atoms with Crippen LogP contribution >= 0.6 is 0 Å². The van der Waals surface area contributed by atoms with Gasteiger partial charge in [-0.15, -0.1) is 0 Å². The number of nitrogens with zero attached hydrogens (tertiary/aromatic N) is 4. The third-order valence-electron chi connectivity index (χ3n) is 4.05. The summed E-state index contributed by atoms with van der Waals surface area (Å²) in [7, 11) is -5.47. The molecule has 0 aliphatic rings. The lowest BCUT2D eigenvalue weighted by atomic mass is 10.1. The summed E-state index contributed by atoms with van der Waals surface area (Å²) in [5.74, 6) is 0.655. The third kappa shape index (κ3) is 4.16. The van der Waals surface area contributed by atoms with Crippen molar-refractivity contribution >= 4 is 27.3 Å². The quantitative estimate of drug-likeness (QED) is 0.638. The number of aromatic nitrogens is 3. The maximum absolute atomic E-state index is 12.9. The minimum atomic E-state index is -5.47. The largest absolute Gasteiger partial charge is 0.501 e. The number of nitrogens with two attached hydrogens (primary N) is 1. The summed E-state index contributed by atoms with van der Waals surface area (Å²) < 4.78 is 67.6. The molecule has 0 fully saturated rings. The third-order valence-corrected chi connectivity index (χ3v) is 5.53. The number of benzene rings is 1. The van der Waals surface area contributed by atoms with Crippen LogP contribution in [-0.4, -0.2) is 28.9 Å². The first-order valence-electron chi connectivity index (χ1n) is 8.32. The second kappa shape index (κ2) is 7.70. The van der Waals surface area contributed by atoms with Gasteiger partial charge in [0.1, 0.15) is 18.6 Å². The molecular weight excluding hydrogens is 411 g/mol. The molecular formula is C17H16F3N5O3S. The molecule has 1 aromatic carbocycles. The first kappa shape index (κ1) is 20.6. The molecule has 0 amide bonds. The van der Waals surface area contributed by atoms with Gasteiger partial charge in [-0.3, -0.25) is 0 Å². The van der Waals surface area contributed by atoms with Crippen molar-refractivity contribution in [3.05, 3.63) is 54.4 Å². The zero-order valence-electron chi connectivity index (χ0n) is 15.1. The van der Waals surface area contributed by atoms with E-state index in [9.17, 15) is 21.6 Å². The lowest BCUT2D eigenvalue weighted by molar-refractivity contribution is -0.0436. The summed E-state index contributed by atoms with van der Waals surface area (Å²) in [4.78, 5) is 12.8. The number of hydrogen-bond donors (Lipinski definition) is 1. The Balaban J connectivity index is 2.12. The normalized spacial score (nSPS) is 12.1. The van der Waals surface area contributed by atoms with E-state index in [4.69, 9.17) is 10.2 Å². The van der Waals surface area contributed by atoms with E-state index >= 15 is 0 Å². The molecule has 29 heavy (non-hydrogen) atoms. The minimum absolute atomic E-state index is 0.00535. The summed E-state index contributed by atoms with van der Waals surface area (Å²) in [6.07, 6.45) is 4.51. The second-order valence-corrected chi connectivity index (χ2v) is 7.82. The lowest BCUT2D eigenvalue weighted by Gasteiger charge is -2.25. The number of aryl methyl sites for hydroxylation is 1. The van der Waals surface area contributed by atoms with Crippen LogP contribution in [-0.2, 0) is 22.8 Å². The molecule has 12 heteroatoms. The molecule has 0 bridgehead atoms. The predicted octanol–water partition coefficient (Wildman–Crippen LogP) is 3.24. The Bertz CT molecular complexity index is 1100. The van der Waals surface area contributed by atoms with E-state index < -0.39 is 20.2 Å². The smallest absolute Gasteiger partial charge is 0.447 e. The Morgan fingerprint density at radius 1 is 1.17 bits per heavy atom. The van der Waals surface area contributed by atoms with E-state index in [0.717, 1.165) is 12.1 Å². The topological polar surface area (TPSA) is 115 Å². The molecule has 2 heterocycles. The maximum atomic E-state index is 12.9. The Kier molecular flexibility index (Phi) is 5.46. The number of oxazole rings is 1. The molecule has 2 aromatic heterocycles. The van der Waals surface area contributed by atoms with Crippen LogP contribution in [0.15, 0.2) is 52.2 Å². The zero-order valence-corrected chi connectivity index (χ0v) is 15.9.